The molecule has 3 nitrogen and oxygen atoms in total. The van der Waals surface area contributed by atoms with E-state index < -0.39 is 0 Å². The van der Waals surface area contributed by atoms with E-state index >= 15 is 0 Å². The third-order valence-corrected chi connectivity index (χ3v) is 3.57. The molecule has 0 atom stereocenters. The Labute approximate surface area is 139 Å². The van der Waals surface area contributed by atoms with Crippen molar-refractivity contribution in [3.05, 3.63) is 65.7 Å². The van der Waals surface area contributed by atoms with Crippen molar-refractivity contribution >= 4 is 12.4 Å². The van der Waals surface area contributed by atoms with E-state index in [-0.39, 0.29) is 12.4 Å². The van der Waals surface area contributed by atoms with Crippen molar-refractivity contribution in [1.82, 2.24) is 4.90 Å². The van der Waals surface area contributed by atoms with E-state index in [1.54, 1.807) is 7.11 Å². The van der Waals surface area contributed by atoms with Gasteiger partial charge in [-0.1, -0.05) is 42.5 Å². The highest BCUT2D eigenvalue weighted by Gasteiger charge is 2.06. The first-order valence-corrected chi connectivity index (χ1v) is 7.41. The van der Waals surface area contributed by atoms with Gasteiger partial charge in [0, 0.05) is 26.2 Å². The zero-order valence-electron chi connectivity index (χ0n) is 13.1. The van der Waals surface area contributed by atoms with Crippen molar-refractivity contribution in [2.75, 3.05) is 26.7 Å². The maximum absolute atomic E-state index is 5.74. The average molecular weight is 321 g/mol. The number of rotatable bonds is 8. The van der Waals surface area contributed by atoms with Crippen LogP contribution in [0.3, 0.4) is 0 Å². The molecule has 0 fully saturated rings. The van der Waals surface area contributed by atoms with Crippen molar-refractivity contribution in [2.45, 2.75) is 13.0 Å². The van der Waals surface area contributed by atoms with Crippen LogP contribution in [0.4, 0.5) is 0 Å². The summed E-state index contributed by atoms with van der Waals surface area (Å²) >= 11 is 0. The Balaban J connectivity index is 0.00000242. The summed E-state index contributed by atoms with van der Waals surface area (Å²) in [6.45, 7) is 3.55. The van der Waals surface area contributed by atoms with Crippen LogP contribution in [-0.2, 0) is 13.0 Å². The molecule has 22 heavy (non-hydrogen) atoms. The molecule has 0 aliphatic heterocycles. The molecule has 120 valence electrons. The molecule has 0 saturated carbocycles. The number of hydrogen-bond donors (Lipinski definition) is 1. The molecule has 0 aliphatic rings. The number of methoxy groups -OCH3 is 1. The maximum Gasteiger partial charge on any atom is 0.118 e. The van der Waals surface area contributed by atoms with Gasteiger partial charge in [-0.05, 0) is 29.7 Å². The third-order valence-electron chi connectivity index (χ3n) is 3.57. The van der Waals surface area contributed by atoms with Gasteiger partial charge in [-0.2, -0.15) is 0 Å². The molecule has 2 aromatic rings. The molecule has 0 unspecified atom stereocenters. The van der Waals surface area contributed by atoms with E-state index in [4.69, 9.17) is 10.5 Å². The highest BCUT2D eigenvalue weighted by molar-refractivity contribution is 5.85. The van der Waals surface area contributed by atoms with Gasteiger partial charge < -0.3 is 10.5 Å². The summed E-state index contributed by atoms with van der Waals surface area (Å²) in [5.74, 6) is 0.897. The molecule has 0 spiro atoms. The van der Waals surface area contributed by atoms with Gasteiger partial charge in [-0.3, -0.25) is 4.90 Å². The molecular weight excluding hydrogens is 296 g/mol. The van der Waals surface area contributed by atoms with Crippen molar-refractivity contribution < 1.29 is 4.74 Å². The van der Waals surface area contributed by atoms with Crippen LogP contribution >= 0.6 is 12.4 Å². The Bertz CT molecular complexity index is 516. The van der Waals surface area contributed by atoms with E-state index in [9.17, 15) is 0 Å². The highest BCUT2D eigenvalue weighted by atomic mass is 35.5. The Morgan fingerprint density at radius 2 is 1.59 bits per heavy atom. The van der Waals surface area contributed by atoms with Gasteiger partial charge in [0.15, 0.2) is 0 Å². The topological polar surface area (TPSA) is 38.5 Å². The molecule has 0 saturated heterocycles. The second-order valence-electron chi connectivity index (χ2n) is 5.15. The molecule has 0 aliphatic carbocycles. The Morgan fingerprint density at radius 3 is 2.18 bits per heavy atom. The van der Waals surface area contributed by atoms with Crippen molar-refractivity contribution in [1.29, 1.82) is 0 Å². The number of hydrogen-bond acceptors (Lipinski definition) is 3. The Hall–Kier alpha value is -1.55. The number of halogens is 1. The fourth-order valence-electron chi connectivity index (χ4n) is 2.37. The normalized spacial score (nSPS) is 10.3. The minimum atomic E-state index is 0. The summed E-state index contributed by atoms with van der Waals surface area (Å²) in [6.07, 6.45) is 1.05. The number of benzene rings is 2. The quantitative estimate of drug-likeness (QED) is 0.812. The maximum atomic E-state index is 5.74. The van der Waals surface area contributed by atoms with E-state index in [0.717, 1.165) is 31.8 Å². The molecule has 2 aromatic carbocycles. The van der Waals surface area contributed by atoms with Gasteiger partial charge in [0.25, 0.3) is 0 Å². The summed E-state index contributed by atoms with van der Waals surface area (Å²) in [5, 5.41) is 0. The van der Waals surface area contributed by atoms with Crippen LogP contribution in [0.25, 0.3) is 0 Å². The van der Waals surface area contributed by atoms with Gasteiger partial charge in [-0.25, -0.2) is 0 Å². The largest absolute Gasteiger partial charge is 0.497 e. The summed E-state index contributed by atoms with van der Waals surface area (Å²) in [4.78, 5) is 2.40. The zero-order valence-corrected chi connectivity index (χ0v) is 13.9. The first kappa shape index (κ1) is 18.5. The van der Waals surface area contributed by atoms with Crippen molar-refractivity contribution in [3.8, 4) is 5.75 Å². The monoisotopic (exact) mass is 320 g/mol. The fraction of sp³-hybridized carbons (Fsp3) is 0.333. The van der Waals surface area contributed by atoms with Gasteiger partial charge in [-0.15, -0.1) is 12.4 Å². The summed E-state index contributed by atoms with van der Waals surface area (Å²) in [6, 6.07) is 18.8. The zero-order chi connectivity index (χ0) is 14.9. The summed E-state index contributed by atoms with van der Waals surface area (Å²) in [7, 11) is 1.69. The molecule has 0 radical (unpaired) electrons. The molecule has 0 aromatic heterocycles. The van der Waals surface area contributed by atoms with Crippen LogP contribution in [0.5, 0.6) is 5.75 Å². The lowest BCUT2D eigenvalue weighted by Gasteiger charge is -2.21. The molecule has 4 heteroatoms. The first-order chi connectivity index (χ1) is 10.3. The third kappa shape index (κ3) is 6.06. The summed E-state index contributed by atoms with van der Waals surface area (Å²) in [5.41, 5.74) is 8.39. The molecular formula is C18H25ClN2O. The van der Waals surface area contributed by atoms with Crippen LogP contribution < -0.4 is 10.5 Å². The van der Waals surface area contributed by atoms with Gasteiger partial charge in [0.2, 0.25) is 0 Å². The molecule has 0 heterocycles. The second kappa shape index (κ2) is 10.2. The standard InChI is InChI=1S/C18H24N2O.ClH/c1-21-18-9-7-17(8-10-18)15-20(14-12-19)13-11-16-5-3-2-4-6-16;/h2-10H,11-15,19H2,1H3;1H. The van der Waals surface area contributed by atoms with E-state index in [0.29, 0.717) is 6.54 Å². The van der Waals surface area contributed by atoms with Crippen LogP contribution in [0.2, 0.25) is 0 Å². The number of ether oxygens (including phenoxy) is 1. The van der Waals surface area contributed by atoms with Crippen LogP contribution in [0.1, 0.15) is 11.1 Å². The molecule has 0 amide bonds. The fourth-order valence-corrected chi connectivity index (χ4v) is 2.37. The number of nitrogens with two attached hydrogens (primary N) is 1. The van der Waals surface area contributed by atoms with Crippen LogP contribution in [-0.4, -0.2) is 31.6 Å². The van der Waals surface area contributed by atoms with E-state index in [2.05, 4.69) is 47.4 Å². The SMILES string of the molecule is COc1ccc(CN(CCN)CCc2ccccc2)cc1.Cl. The lowest BCUT2D eigenvalue weighted by atomic mass is 10.1. The first-order valence-electron chi connectivity index (χ1n) is 7.41. The minimum absolute atomic E-state index is 0. The number of nitrogens with zero attached hydrogens (tertiary/aromatic N) is 1. The Morgan fingerprint density at radius 1 is 0.909 bits per heavy atom. The average Bonchev–Trinajstić information content (AvgIpc) is 2.54. The van der Waals surface area contributed by atoms with E-state index in [1.807, 2.05) is 12.1 Å². The van der Waals surface area contributed by atoms with Gasteiger partial charge in [0.05, 0.1) is 7.11 Å². The second-order valence-corrected chi connectivity index (χ2v) is 5.15. The summed E-state index contributed by atoms with van der Waals surface area (Å²) < 4.78 is 5.19. The van der Waals surface area contributed by atoms with Crippen molar-refractivity contribution in [3.63, 3.8) is 0 Å². The molecule has 0 bridgehead atoms. The lowest BCUT2D eigenvalue weighted by molar-refractivity contribution is 0.276. The molecule has 2 N–H and O–H groups in total. The van der Waals surface area contributed by atoms with Gasteiger partial charge in [0.1, 0.15) is 5.75 Å². The van der Waals surface area contributed by atoms with Gasteiger partial charge >= 0.3 is 0 Å². The minimum Gasteiger partial charge on any atom is -0.497 e. The Kier molecular flexibility index (Phi) is 8.60. The molecule has 2 rings (SSSR count). The smallest absolute Gasteiger partial charge is 0.118 e. The van der Waals surface area contributed by atoms with Crippen LogP contribution in [0, 0.1) is 0 Å². The van der Waals surface area contributed by atoms with Crippen LogP contribution in [0.15, 0.2) is 54.6 Å². The predicted molar refractivity (Wildman–Crippen MR) is 94.7 cm³/mol. The lowest BCUT2D eigenvalue weighted by Crippen LogP contribution is -2.31. The van der Waals surface area contributed by atoms with Crippen molar-refractivity contribution in [2.24, 2.45) is 5.73 Å². The van der Waals surface area contributed by atoms with E-state index in [1.165, 1.54) is 11.1 Å². The predicted octanol–water partition coefficient (Wildman–Crippen LogP) is 3.12. The highest BCUT2D eigenvalue weighted by Crippen LogP contribution is 2.13.